The highest BCUT2D eigenvalue weighted by Crippen LogP contribution is 2.16. The van der Waals surface area contributed by atoms with Gasteiger partial charge in [-0.2, -0.15) is 0 Å². The van der Waals surface area contributed by atoms with Crippen LogP contribution < -0.4 is 10.6 Å². The average Bonchev–Trinajstić information content (AvgIpc) is 3.18. The molecule has 6 nitrogen and oxygen atoms in total. The summed E-state index contributed by atoms with van der Waals surface area (Å²) in [5.41, 5.74) is 2.51. The van der Waals surface area contributed by atoms with Gasteiger partial charge in [0, 0.05) is 24.3 Å². The number of nitrogens with zero attached hydrogens (tertiary/aromatic N) is 2. The van der Waals surface area contributed by atoms with Crippen molar-refractivity contribution in [1.29, 1.82) is 0 Å². The number of aromatic nitrogens is 1. The van der Waals surface area contributed by atoms with Crippen LogP contribution in [-0.2, 0) is 17.9 Å². The first kappa shape index (κ1) is 19.3. The number of carbonyl (C=O) groups excluding carboxylic acids is 2. The third-order valence-electron chi connectivity index (χ3n) is 4.55. The Bertz CT molecular complexity index is 806. The fourth-order valence-corrected chi connectivity index (χ4v) is 3.26. The molecule has 1 saturated heterocycles. The van der Waals surface area contributed by atoms with Gasteiger partial charge in [-0.25, -0.2) is 0 Å². The SMILES string of the molecule is O=C(CNC(=O)c1cc(Cl)ccn1)NCc1ccccc1CN1CCCC1. The Morgan fingerprint density at radius 1 is 1.07 bits per heavy atom. The number of rotatable bonds is 7. The van der Waals surface area contributed by atoms with Crippen molar-refractivity contribution < 1.29 is 9.59 Å². The molecule has 0 saturated carbocycles. The lowest BCUT2D eigenvalue weighted by Gasteiger charge is -2.17. The maximum absolute atomic E-state index is 12.1. The number of amides is 2. The fraction of sp³-hybridized carbons (Fsp3) is 0.350. The maximum Gasteiger partial charge on any atom is 0.270 e. The lowest BCUT2D eigenvalue weighted by atomic mass is 10.1. The molecule has 142 valence electrons. The van der Waals surface area contributed by atoms with Crippen molar-refractivity contribution in [3.8, 4) is 0 Å². The quantitative estimate of drug-likeness (QED) is 0.766. The molecular weight excluding hydrogens is 364 g/mol. The topological polar surface area (TPSA) is 74.3 Å². The Kier molecular flexibility index (Phi) is 6.79. The lowest BCUT2D eigenvalue weighted by Crippen LogP contribution is -2.37. The Hall–Kier alpha value is -2.44. The molecule has 27 heavy (non-hydrogen) atoms. The number of likely N-dealkylation sites (tertiary alicyclic amines) is 1. The molecule has 1 aliphatic rings. The van der Waals surface area contributed by atoms with Gasteiger partial charge in [-0.15, -0.1) is 0 Å². The van der Waals surface area contributed by atoms with Crippen molar-refractivity contribution in [3.63, 3.8) is 0 Å². The zero-order valence-corrected chi connectivity index (χ0v) is 15.8. The van der Waals surface area contributed by atoms with Crippen LogP contribution in [0.1, 0.15) is 34.5 Å². The van der Waals surface area contributed by atoms with Crippen molar-refractivity contribution >= 4 is 23.4 Å². The third kappa shape index (κ3) is 5.77. The molecule has 2 N–H and O–H groups in total. The molecule has 7 heteroatoms. The minimum absolute atomic E-state index is 0.110. The molecule has 0 atom stereocenters. The van der Waals surface area contributed by atoms with Crippen LogP contribution in [0.5, 0.6) is 0 Å². The zero-order chi connectivity index (χ0) is 19.1. The summed E-state index contributed by atoms with van der Waals surface area (Å²) in [5, 5.41) is 5.84. The molecule has 1 aromatic heterocycles. The van der Waals surface area contributed by atoms with Crippen LogP contribution >= 0.6 is 11.6 Å². The van der Waals surface area contributed by atoms with Crippen LogP contribution in [0.25, 0.3) is 0 Å². The molecule has 0 spiro atoms. The molecule has 2 amide bonds. The van der Waals surface area contributed by atoms with Crippen LogP contribution in [0.2, 0.25) is 5.02 Å². The second kappa shape index (κ2) is 9.48. The van der Waals surface area contributed by atoms with Gasteiger partial charge in [0.1, 0.15) is 5.69 Å². The normalized spacial score (nSPS) is 14.1. The van der Waals surface area contributed by atoms with Gasteiger partial charge in [0.15, 0.2) is 0 Å². The summed E-state index contributed by atoms with van der Waals surface area (Å²) in [5.74, 6) is -0.677. The van der Waals surface area contributed by atoms with Gasteiger partial charge in [0.05, 0.1) is 6.54 Å². The van der Waals surface area contributed by atoms with Crippen molar-refractivity contribution in [3.05, 3.63) is 64.4 Å². The van der Waals surface area contributed by atoms with Crippen molar-refractivity contribution in [1.82, 2.24) is 20.5 Å². The summed E-state index contributed by atoms with van der Waals surface area (Å²) in [4.78, 5) is 30.5. The molecule has 0 radical (unpaired) electrons. The molecule has 3 rings (SSSR count). The number of carbonyl (C=O) groups is 2. The van der Waals surface area contributed by atoms with Gasteiger partial charge in [-0.1, -0.05) is 35.9 Å². The minimum Gasteiger partial charge on any atom is -0.350 e. The number of hydrogen-bond donors (Lipinski definition) is 2. The Morgan fingerprint density at radius 2 is 1.81 bits per heavy atom. The van der Waals surface area contributed by atoms with Crippen molar-refractivity contribution in [2.24, 2.45) is 0 Å². The van der Waals surface area contributed by atoms with E-state index in [0.29, 0.717) is 11.6 Å². The smallest absolute Gasteiger partial charge is 0.270 e. The zero-order valence-electron chi connectivity index (χ0n) is 15.1. The number of pyridine rings is 1. The molecule has 1 fully saturated rings. The molecule has 0 aliphatic carbocycles. The first-order valence-electron chi connectivity index (χ1n) is 9.07. The van der Waals surface area contributed by atoms with Gasteiger partial charge >= 0.3 is 0 Å². The van der Waals surface area contributed by atoms with E-state index in [0.717, 1.165) is 25.2 Å². The molecule has 2 aromatic rings. The van der Waals surface area contributed by atoms with Crippen LogP contribution in [0.3, 0.4) is 0 Å². The standard InChI is InChI=1S/C20H23ClN4O2/c21-17-7-8-22-18(11-17)20(27)24-13-19(26)23-12-15-5-1-2-6-16(15)14-25-9-3-4-10-25/h1-2,5-8,11H,3-4,9-10,12-14H2,(H,23,26)(H,24,27). The fourth-order valence-electron chi connectivity index (χ4n) is 3.10. The van der Waals surface area contributed by atoms with E-state index in [9.17, 15) is 9.59 Å². The van der Waals surface area contributed by atoms with Crippen LogP contribution in [0, 0.1) is 0 Å². The second-order valence-electron chi connectivity index (χ2n) is 6.57. The van der Waals surface area contributed by atoms with Gasteiger partial charge in [-0.05, 0) is 49.2 Å². The molecule has 1 aromatic carbocycles. The predicted molar refractivity (Wildman–Crippen MR) is 104 cm³/mol. The van der Waals surface area contributed by atoms with E-state index >= 15 is 0 Å². The highest BCUT2D eigenvalue weighted by atomic mass is 35.5. The Morgan fingerprint density at radius 3 is 2.56 bits per heavy atom. The molecular formula is C20H23ClN4O2. The first-order chi connectivity index (χ1) is 13.1. The first-order valence-corrected chi connectivity index (χ1v) is 9.45. The van der Waals surface area contributed by atoms with E-state index in [2.05, 4.69) is 26.6 Å². The van der Waals surface area contributed by atoms with E-state index in [4.69, 9.17) is 11.6 Å². The van der Waals surface area contributed by atoms with E-state index in [1.807, 2.05) is 18.2 Å². The summed E-state index contributed by atoms with van der Waals surface area (Å²) >= 11 is 5.84. The van der Waals surface area contributed by atoms with E-state index in [-0.39, 0.29) is 18.1 Å². The third-order valence-corrected chi connectivity index (χ3v) is 4.79. The van der Waals surface area contributed by atoms with Crippen molar-refractivity contribution in [2.45, 2.75) is 25.9 Å². The highest BCUT2D eigenvalue weighted by molar-refractivity contribution is 6.30. The largest absolute Gasteiger partial charge is 0.350 e. The van der Waals surface area contributed by atoms with E-state index in [1.54, 1.807) is 6.07 Å². The number of halogens is 1. The molecule has 2 heterocycles. The predicted octanol–water partition coefficient (Wildman–Crippen LogP) is 2.38. The van der Waals surface area contributed by atoms with Crippen LogP contribution in [0.4, 0.5) is 0 Å². The maximum atomic E-state index is 12.1. The lowest BCUT2D eigenvalue weighted by molar-refractivity contribution is -0.120. The molecule has 0 unspecified atom stereocenters. The number of benzene rings is 1. The van der Waals surface area contributed by atoms with Gasteiger partial charge < -0.3 is 10.6 Å². The van der Waals surface area contributed by atoms with Gasteiger partial charge in [-0.3, -0.25) is 19.5 Å². The van der Waals surface area contributed by atoms with Gasteiger partial charge in [0.2, 0.25) is 5.91 Å². The number of nitrogens with one attached hydrogen (secondary N) is 2. The summed E-state index contributed by atoms with van der Waals surface area (Å²) in [7, 11) is 0. The average molecular weight is 387 g/mol. The Labute approximate surface area is 163 Å². The monoisotopic (exact) mass is 386 g/mol. The molecule has 1 aliphatic heterocycles. The summed E-state index contributed by atoms with van der Waals surface area (Å²) in [6, 6.07) is 11.2. The van der Waals surface area contributed by atoms with Gasteiger partial charge in [0.25, 0.3) is 5.91 Å². The summed E-state index contributed by atoms with van der Waals surface area (Å²) in [6.07, 6.45) is 3.95. The van der Waals surface area contributed by atoms with E-state index < -0.39 is 5.91 Å². The summed E-state index contributed by atoms with van der Waals surface area (Å²) < 4.78 is 0. The molecule has 0 bridgehead atoms. The van der Waals surface area contributed by atoms with E-state index in [1.165, 1.54) is 30.7 Å². The number of hydrogen-bond acceptors (Lipinski definition) is 4. The Balaban J connectivity index is 1.48. The van der Waals surface area contributed by atoms with Crippen molar-refractivity contribution in [2.75, 3.05) is 19.6 Å². The minimum atomic E-state index is -0.429. The van der Waals surface area contributed by atoms with Crippen LogP contribution in [0.15, 0.2) is 42.6 Å². The van der Waals surface area contributed by atoms with Crippen LogP contribution in [-0.4, -0.2) is 41.3 Å². The second-order valence-corrected chi connectivity index (χ2v) is 7.01. The highest BCUT2D eigenvalue weighted by Gasteiger charge is 2.14. The summed E-state index contributed by atoms with van der Waals surface area (Å²) in [6.45, 7) is 3.49.